The quantitative estimate of drug-likeness (QED) is 0.656. The van der Waals surface area contributed by atoms with Crippen LogP contribution in [-0.2, 0) is 4.79 Å². The second-order valence-electron chi connectivity index (χ2n) is 4.64. The summed E-state index contributed by atoms with van der Waals surface area (Å²) in [5.41, 5.74) is 3.26. The maximum absolute atomic E-state index is 12.1. The van der Waals surface area contributed by atoms with Gasteiger partial charge in [0, 0.05) is 0 Å². The Hall–Kier alpha value is -1.86. The number of carbonyl (C=O) groups is 1. The third-order valence-corrected chi connectivity index (χ3v) is 4.80. The van der Waals surface area contributed by atoms with Gasteiger partial charge in [0.25, 0.3) is 5.91 Å². The Labute approximate surface area is 140 Å². The Morgan fingerprint density at radius 3 is 2.82 bits per heavy atom. The molecule has 0 spiro atoms. The van der Waals surface area contributed by atoms with Gasteiger partial charge in [-0.15, -0.1) is 11.3 Å². The molecule has 1 amide bonds. The first-order valence-corrected chi connectivity index (χ1v) is 8.23. The van der Waals surface area contributed by atoms with Crippen LogP contribution >= 0.6 is 27.3 Å². The van der Waals surface area contributed by atoms with Crippen molar-refractivity contribution in [2.24, 2.45) is 5.10 Å². The predicted molar refractivity (Wildman–Crippen MR) is 88.7 cm³/mol. The standard InChI is InChI=1S/C15H13BrN2O3S/c1-9(13-6-7-14(16)22-13)17-18-15(19)12-8-20-10-4-2-3-5-11(10)21-12/h2-7,12H,8H2,1H3,(H,18,19)/b17-9+. The Balaban J connectivity index is 1.63. The van der Waals surface area contributed by atoms with Gasteiger partial charge in [-0.2, -0.15) is 5.10 Å². The van der Waals surface area contributed by atoms with Gasteiger partial charge in [0.05, 0.1) is 14.4 Å². The van der Waals surface area contributed by atoms with Gasteiger partial charge in [-0.3, -0.25) is 4.79 Å². The molecule has 0 saturated heterocycles. The molecule has 22 heavy (non-hydrogen) atoms. The van der Waals surface area contributed by atoms with Crippen LogP contribution in [0.2, 0.25) is 0 Å². The van der Waals surface area contributed by atoms with Crippen molar-refractivity contribution in [3.63, 3.8) is 0 Å². The van der Waals surface area contributed by atoms with E-state index < -0.39 is 6.10 Å². The predicted octanol–water partition coefficient (Wildman–Crippen LogP) is 3.19. The highest BCUT2D eigenvalue weighted by molar-refractivity contribution is 9.11. The van der Waals surface area contributed by atoms with Crippen LogP contribution in [0.4, 0.5) is 0 Å². The molecule has 1 aromatic heterocycles. The molecule has 1 aliphatic rings. The van der Waals surface area contributed by atoms with Gasteiger partial charge < -0.3 is 9.47 Å². The summed E-state index contributed by atoms with van der Waals surface area (Å²) in [5.74, 6) is 0.885. The molecule has 7 heteroatoms. The van der Waals surface area contributed by atoms with E-state index in [4.69, 9.17) is 9.47 Å². The highest BCUT2D eigenvalue weighted by atomic mass is 79.9. The lowest BCUT2D eigenvalue weighted by Gasteiger charge is -2.24. The zero-order valence-corrected chi connectivity index (χ0v) is 14.1. The summed E-state index contributed by atoms with van der Waals surface area (Å²) in [6.45, 7) is 2.01. The van der Waals surface area contributed by atoms with Crippen LogP contribution in [0.3, 0.4) is 0 Å². The van der Waals surface area contributed by atoms with Crippen LogP contribution in [0.5, 0.6) is 11.5 Å². The molecule has 0 saturated carbocycles. The Morgan fingerprint density at radius 1 is 1.32 bits per heavy atom. The van der Waals surface area contributed by atoms with Crippen LogP contribution < -0.4 is 14.9 Å². The largest absolute Gasteiger partial charge is 0.485 e. The maximum atomic E-state index is 12.1. The van der Waals surface area contributed by atoms with Gasteiger partial charge in [-0.1, -0.05) is 12.1 Å². The summed E-state index contributed by atoms with van der Waals surface area (Å²) in [7, 11) is 0. The Kier molecular flexibility index (Phi) is 4.44. The van der Waals surface area contributed by atoms with E-state index in [0.717, 1.165) is 14.4 Å². The molecule has 1 aromatic carbocycles. The summed E-state index contributed by atoms with van der Waals surface area (Å²) >= 11 is 4.95. The van der Waals surface area contributed by atoms with E-state index in [-0.39, 0.29) is 12.5 Å². The molecule has 0 fully saturated rings. The number of amides is 1. The van der Waals surface area contributed by atoms with Gasteiger partial charge in [-0.05, 0) is 47.1 Å². The van der Waals surface area contributed by atoms with Crippen molar-refractivity contribution in [3.8, 4) is 11.5 Å². The number of rotatable bonds is 3. The smallest absolute Gasteiger partial charge is 0.284 e. The van der Waals surface area contributed by atoms with Crippen molar-refractivity contribution in [1.29, 1.82) is 0 Å². The molecule has 114 valence electrons. The minimum Gasteiger partial charge on any atom is -0.485 e. The second kappa shape index (κ2) is 6.50. The number of nitrogens with one attached hydrogen (secondary N) is 1. The van der Waals surface area contributed by atoms with Gasteiger partial charge in [0.2, 0.25) is 6.10 Å². The topological polar surface area (TPSA) is 59.9 Å². The van der Waals surface area contributed by atoms with Crippen molar-refractivity contribution in [2.45, 2.75) is 13.0 Å². The highest BCUT2D eigenvalue weighted by Gasteiger charge is 2.27. The van der Waals surface area contributed by atoms with E-state index in [1.54, 1.807) is 23.5 Å². The molecule has 1 unspecified atom stereocenters. The molecule has 0 bridgehead atoms. The number of halogens is 1. The normalized spacial score (nSPS) is 17.2. The average Bonchev–Trinajstić information content (AvgIpc) is 2.98. The highest BCUT2D eigenvalue weighted by Crippen LogP contribution is 2.30. The molecule has 1 atom stereocenters. The number of thiophene rings is 1. The summed E-state index contributed by atoms with van der Waals surface area (Å²) in [5, 5.41) is 4.11. The number of benzene rings is 1. The lowest BCUT2D eigenvalue weighted by atomic mass is 10.2. The number of ether oxygens (including phenoxy) is 2. The molecular weight excluding hydrogens is 368 g/mol. The van der Waals surface area contributed by atoms with Crippen LogP contribution in [0.1, 0.15) is 11.8 Å². The Bertz CT molecular complexity index is 729. The van der Waals surface area contributed by atoms with Gasteiger partial charge in [-0.25, -0.2) is 5.43 Å². The third kappa shape index (κ3) is 3.31. The molecule has 0 aliphatic carbocycles. The van der Waals surface area contributed by atoms with Gasteiger partial charge in [0.15, 0.2) is 11.5 Å². The summed E-state index contributed by atoms with van der Waals surface area (Å²) in [6, 6.07) is 11.1. The summed E-state index contributed by atoms with van der Waals surface area (Å²) in [6.07, 6.45) is -0.707. The number of hydrogen-bond acceptors (Lipinski definition) is 5. The third-order valence-electron chi connectivity index (χ3n) is 3.06. The van der Waals surface area contributed by atoms with Crippen LogP contribution in [0.15, 0.2) is 45.3 Å². The molecule has 2 aromatic rings. The van der Waals surface area contributed by atoms with Crippen molar-refractivity contribution >= 4 is 38.9 Å². The van der Waals surface area contributed by atoms with Crippen molar-refractivity contribution in [1.82, 2.24) is 5.43 Å². The van der Waals surface area contributed by atoms with Gasteiger partial charge in [0.1, 0.15) is 6.61 Å². The summed E-state index contributed by atoms with van der Waals surface area (Å²) < 4.78 is 12.2. The Morgan fingerprint density at radius 2 is 2.09 bits per heavy atom. The minimum atomic E-state index is -0.707. The molecule has 0 radical (unpaired) electrons. The fourth-order valence-electron chi connectivity index (χ4n) is 1.92. The van der Waals surface area contributed by atoms with Crippen LogP contribution in [0, 0.1) is 0 Å². The number of para-hydroxylation sites is 2. The minimum absolute atomic E-state index is 0.169. The maximum Gasteiger partial charge on any atom is 0.284 e. The van der Waals surface area contributed by atoms with Crippen molar-refractivity contribution in [3.05, 3.63) is 45.1 Å². The lowest BCUT2D eigenvalue weighted by molar-refractivity contribution is -0.130. The van der Waals surface area contributed by atoms with E-state index in [1.165, 1.54) is 0 Å². The number of carbonyl (C=O) groups excluding carboxylic acids is 1. The number of hydrogen-bond donors (Lipinski definition) is 1. The SMILES string of the molecule is C/C(=N\NC(=O)C1COc2ccccc2O1)c1ccc(Br)s1. The number of hydrazone groups is 1. The van der Waals surface area contributed by atoms with Crippen molar-refractivity contribution in [2.75, 3.05) is 6.61 Å². The van der Waals surface area contributed by atoms with E-state index in [2.05, 4.69) is 26.5 Å². The molecule has 5 nitrogen and oxygen atoms in total. The molecule has 1 aliphatic heterocycles. The van der Waals surface area contributed by atoms with Gasteiger partial charge >= 0.3 is 0 Å². The first kappa shape index (κ1) is 15.1. The van der Waals surface area contributed by atoms with E-state index in [0.29, 0.717) is 11.5 Å². The monoisotopic (exact) mass is 380 g/mol. The van der Waals surface area contributed by atoms with E-state index in [1.807, 2.05) is 31.2 Å². The van der Waals surface area contributed by atoms with Crippen LogP contribution in [-0.4, -0.2) is 24.3 Å². The molecular formula is C15H13BrN2O3S. The molecule has 2 heterocycles. The first-order valence-electron chi connectivity index (χ1n) is 6.62. The summed E-state index contributed by atoms with van der Waals surface area (Å²) in [4.78, 5) is 13.1. The molecule has 3 rings (SSSR count). The fraction of sp³-hybridized carbons (Fsp3) is 0.200. The second-order valence-corrected chi connectivity index (χ2v) is 7.10. The fourth-order valence-corrected chi connectivity index (χ4v) is 3.25. The lowest BCUT2D eigenvalue weighted by Crippen LogP contribution is -2.42. The van der Waals surface area contributed by atoms with Crippen molar-refractivity contribution < 1.29 is 14.3 Å². The first-order chi connectivity index (χ1) is 10.6. The van der Waals surface area contributed by atoms with Crippen LogP contribution in [0.25, 0.3) is 0 Å². The average molecular weight is 381 g/mol. The zero-order valence-electron chi connectivity index (χ0n) is 11.7. The number of nitrogens with zero attached hydrogens (tertiary/aromatic N) is 1. The van der Waals surface area contributed by atoms with E-state index in [9.17, 15) is 4.79 Å². The zero-order chi connectivity index (χ0) is 15.5. The molecule has 1 N–H and O–H groups in total. The number of fused-ring (bicyclic) bond motifs is 1. The van der Waals surface area contributed by atoms with E-state index >= 15 is 0 Å².